The SMILES string of the molecule is COCCc1nc(C2C/C(=N\OC)CN2C(=O)c2ccc(-c3ccccc3)cc2)no1. The highest BCUT2D eigenvalue weighted by Gasteiger charge is 2.37. The Morgan fingerprint density at radius 2 is 1.87 bits per heavy atom. The molecule has 0 radical (unpaired) electrons. The molecule has 0 spiro atoms. The molecule has 1 fully saturated rings. The lowest BCUT2D eigenvalue weighted by Gasteiger charge is -2.21. The molecule has 160 valence electrons. The van der Waals surface area contributed by atoms with E-state index in [1.807, 2.05) is 54.6 Å². The largest absolute Gasteiger partial charge is 0.399 e. The number of oxime groups is 1. The molecule has 0 N–H and O–H groups in total. The predicted octanol–water partition coefficient (Wildman–Crippen LogP) is 3.52. The van der Waals surface area contributed by atoms with Crippen molar-refractivity contribution in [3.63, 3.8) is 0 Å². The van der Waals surface area contributed by atoms with Crippen LogP contribution in [0.1, 0.15) is 34.5 Å². The first-order valence-electron chi connectivity index (χ1n) is 10.1. The Morgan fingerprint density at radius 1 is 1.13 bits per heavy atom. The van der Waals surface area contributed by atoms with Gasteiger partial charge in [0, 0.05) is 19.1 Å². The summed E-state index contributed by atoms with van der Waals surface area (Å²) in [5.74, 6) is 0.824. The Bertz CT molecular complexity index is 1050. The maximum atomic E-state index is 13.3. The molecule has 0 bridgehead atoms. The maximum absolute atomic E-state index is 13.3. The van der Waals surface area contributed by atoms with E-state index in [1.165, 1.54) is 7.11 Å². The van der Waals surface area contributed by atoms with Crippen LogP contribution in [0.15, 0.2) is 64.3 Å². The highest BCUT2D eigenvalue weighted by Crippen LogP contribution is 2.31. The number of carbonyl (C=O) groups is 1. The molecule has 3 aromatic rings. The lowest BCUT2D eigenvalue weighted by molar-refractivity contribution is 0.0732. The molecule has 8 heteroatoms. The predicted molar refractivity (Wildman–Crippen MR) is 115 cm³/mol. The van der Waals surface area contributed by atoms with Crippen LogP contribution in [0.5, 0.6) is 0 Å². The summed E-state index contributed by atoms with van der Waals surface area (Å²) in [6.07, 6.45) is 1.01. The molecule has 8 nitrogen and oxygen atoms in total. The Morgan fingerprint density at radius 3 is 2.58 bits per heavy atom. The number of hydrogen-bond donors (Lipinski definition) is 0. The fraction of sp³-hybridized carbons (Fsp3) is 0.304. The molecule has 0 saturated carbocycles. The van der Waals surface area contributed by atoms with Gasteiger partial charge in [-0.05, 0) is 23.3 Å². The lowest BCUT2D eigenvalue weighted by Crippen LogP contribution is -2.31. The monoisotopic (exact) mass is 420 g/mol. The van der Waals surface area contributed by atoms with E-state index >= 15 is 0 Å². The molecule has 1 aliphatic heterocycles. The van der Waals surface area contributed by atoms with E-state index in [0.29, 0.717) is 43.3 Å². The number of likely N-dealkylation sites (tertiary alicyclic amines) is 1. The molecule has 1 atom stereocenters. The summed E-state index contributed by atoms with van der Waals surface area (Å²) in [6, 6.07) is 17.3. The van der Waals surface area contributed by atoms with Gasteiger partial charge in [0.25, 0.3) is 5.91 Å². The Kier molecular flexibility index (Phi) is 6.37. The average Bonchev–Trinajstić information content (AvgIpc) is 3.45. The number of carbonyl (C=O) groups excluding carboxylic acids is 1. The maximum Gasteiger partial charge on any atom is 0.254 e. The number of ether oxygens (including phenoxy) is 1. The molecule has 1 aliphatic rings. The van der Waals surface area contributed by atoms with Gasteiger partial charge in [-0.25, -0.2) is 0 Å². The topological polar surface area (TPSA) is 90.1 Å². The third kappa shape index (κ3) is 4.64. The summed E-state index contributed by atoms with van der Waals surface area (Å²) in [7, 11) is 3.11. The highest BCUT2D eigenvalue weighted by atomic mass is 16.6. The van der Waals surface area contributed by atoms with Crippen molar-refractivity contribution in [1.29, 1.82) is 0 Å². The third-order valence-corrected chi connectivity index (χ3v) is 5.18. The first-order chi connectivity index (χ1) is 15.2. The van der Waals surface area contributed by atoms with E-state index in [1.54, 1.807) is 12.0 Å². The second-order valence-corrected chi connectivity index (χ2v) is 7.23. The minimum atomic E-state index is -0.366. The average molecular weight is 420 g/mol. The molecular formula is C23H24N4O4. The van der Waals surface area contributed by atoms with E-state index < -0.39 is 0 Å². The molecule has 1 amide bonds. The molecule has 0 aliphatic carbocycles. The van der Waals surface area contributed by atoms with Crippen molar-refractivity contribution < 1.29 is 18.9 Å². The van der Waals surface area contributed by atoms with Crippen LogP contribution in [0.4, 0.5) is 0 Å². The second kappa shape index (κ2) is 9.53. The van der Waals surface area contributed by atoms with E-state index in [-0.39, 0.29) is 11.9 Å². The van der Waals surface area contributed by atoms with Gasteiger partial charge in [-0.1, -0.05) is 52.8 Å². The Hall–Kier alpha value is -3.52. The van der Waals surface area contributed by atoms with Gasteiger partial charge in [0.1, 0.15) is 13.2 Å². The van der Waals surface area contributed by atoms with Crippen molar-refractivity contribution in [1.82, 2.24) is 15.0 Å². The highest BCUT2D eigenvalue weighted by molar-refractivity contribution is 6.00. The van der Waals surface area contributed by atoms with Crippen molar-refractivity contribution in [3.05, 3.63) is 71.9 Å². The number of methoxy groups -OCH3 is 1. The zero-order valence-electron chi connectivity index (χ0n) is 17.5. The van der Waals surface area contributed by atoms with Gasteiger partial charge in [0.05, 0.1) is 25.3 Å². The number of benzene rings is 2. The summed E-state index contributed by atoms with van der Waals surface area (Å²) in [5, 5.41) is 8.15. The molecule has 1 saturated heterocycles. The normalized spacial score (nSPS) is 17.3. The molecule has 4 rings (SSSR count). The van der Waals surface area contributed by atoms with E-state index in [2.05, 4.69) is 15.3 Å². The van der Waals surface area contributed by atoms with Crippen LogP contribution in [0.2, 0.25) is 0 Å². The van der Waals surface area contributed by atoms with Crippen LogP contribution in [-0.2, 0) is 16.0 Å². The van der Waals surface area contributed by atoms with E-state index in [0.717, 1.165) is 16.8 Å². The van der Waals surface area contributed by atoms with Crippen LogP contribution in [-0.4, -0.2) is 54.0 Å². The number of hydrogen-bond acceptors (Lipinski definition) is 7. The van der Waals surface area contributed by atoms with Gasteiger partial charge in [-0.3, -0.25) is 4.79 Å². The zero-order chi connectivity index (χ0) is 21.6. The first-order valence-corrected chi connectivity index (χ1v) is 10.1. The summed E-state index contributed by atoms with van der Waals surface area (Å²) < 4.78 is 10.4. The third-order valence-electron chi connectivity index (χ3n) is 5.18. The van der Waals surface area contributed by atoms with E-state index in [4.69, 9.17) is 14.1 Å². The Balaban J connectivity index is 1.57. The molecule has 1 aromatic heterocycles. The van der Waals surface area contributed by atoms with Crippen LogP contribution in [0.25, 0.3) is 11.1 Å². The van der Waals surface area contributed by atoms with Crippen molar-refractivity contribution in [3.8, 4) is 11.1 Å². The zero-order valence-corrected chi connectivity index (χ0v) is 17.5. The minimum Gasteiger partial charge on any atom is -0.399 e. The molecule has 1 unspecified atom stereocenters. The Labute approximate surface area is 180 Å². The summed E-state index contributed by atoms with van der Waals surface area (Å²) in [4.78, 5) is 24.4. The smallest absolute Gasteiger partial charge is 0.254 e. The molecular weight excluding hydrogens is 396 g/mol. The van der Waals surface area contributed by atoms with E-state index in [9.17, 15) is 4.79 Å². The molecule has 31 heavy (non-hydrogen) atoms. The number of amides is 1. The lowest BCUT2D eigenvalue weighted by atomic mass is 10.0. The number of nitrogens with zero attached hydrogens (tertiary/aromatic N) is 4. The number of aromatic nitrogens is 2. The van der Waals surface area contributed by atoms with Crippen molar-refractivity contribution in [2.45, 2.75) is 18.9 Å². The summed E-state index contributed by atoms with van der Waals surface area (Å²) in [5.41, 5.74) is 3.50. The van der Waals surface area contributed by atoms with Crippen LogP contribution >= 0.6 is 0 Å². The van der Waals surface area contributed by atoms with Gasteiger partial charge in [-0.2, -0.15) is 4.98 Å². The quantitative estimate of drug-likeness (QED) is 0.543. The second-order valence-electron chi connectivity index (χ2n) is 7.23. The molecule has 2 heterocycles. The van der Waals surface area contributed by atoms with Gasteiger partial charge >= 0.3 is 0 Å². The van der Waals surface area contributed by atoms with Gasteiger partial charge in [-0.15, -0.1) is 0 Å². The van der Waals surface area contributed by atoms with Crippen molar-refractivity contribution >= 4 is 11.6 Å². The van der Waals surface area contributed by atoms with Gasteiger partial charge < -0.3 is 19.0 Å². The van der Waals surface area contributed by atoms with Crippen LogP contribution < -0.4 is 0 Å². The first kappa shape index (κ1) is 20.7. The molecule has 2 aromatic carbocycles. The van der Waals surface area contributed by atoms with Gasteiger partial charge in [0.15, 0.2) is 5.82 Å². The van der Waals surface area contributed by atoms with Crippen LogP contribution in [0.3, 0.4) is 0 Å². The summed E-state index contributed by atoms with van der Waals surface area (Å²) in [6.45, 7) is 0.832. The van der Waals surface area contributed by atoms with Crippen molar-refractivity contribution in [2.24, 2.45) is 5.16 Å². The minimum absolute atomic E-state index is 0.117. The van der Waals surface area contributed by atoms with Gasteiger partial charge in [0.2, 0.25) is 5.89 Å². The summed E-state index contributed by atoms with van der Waals surface area (Å²) >= 11 is 0. The fourth-order valence-corrected chi connectivity index (χ4v) is 3.64. The van der Waals surface area contributed by atoms with Crippen LogP contribution in [0, 0.1) is 0 Å². The number of rotatable bonds is 7. The van der Waals surface area contributed by atoms with Crippen molar-refractivity contribution in [2.75, 3.05) is 27.4 Å². The fourth-order valence-electron chi connectivity index (χ4n) is 3.64. The standard InChI is InChI=1S/C23H24N4O4/c1-29-13-12-21-24-22(26-31-21)20-14-19(25-30-2)15-27(20)23(28)18-10-8-17(9-11-18)16-6-4-3-5-7-16/h3-11,20H,12-15H2,1-2H3/b25-19+.